The van der Waals surface area contributed by atoms with E-state index in [9.17, 15) is 14.7 Å². The third-order valence-corrected chi connectivity index (χ3v) is 6.18. The number of nitrogens with zero attached hydrogens (tertiary/aromatic N) is 2. The van der Waals surface area contributed by atoms with Crippen molar-refractivity contribution in [2.75, 3.05) is 20.2 Å². The van der Waals surface area contributed by atoms with E-state index in [1.54, 1.807) is 24.3 Å². The van der Waals surface area contributed by atoms with Gasteiger partial charge in [-0.3, -0.25) is 9.59 Å². The minimum Gasteiger partial charge on any atom is -0.399 e. The first-order chi connectivity index (χ1) is 17.0. The van der Waals surface area contributed by atoms with Crippen molar-refractivity contribution in [3.8, 4) is 11.1 Å². The summed E-state index contributed by atoms with van der Waals surface area (Å²) in [7, 11) is 1.44. The highest BCUT2D eigenvalue weighted by molar-refractivity contribution is 6.05. The van der Waals surface area contributed by atoms with Gasteiger partial charge in [0.15, 0.2) is 0 Å². The lowest BCUT2D eigenvalue weighted by molar-refractivity contribution is -0.125. The lowest BCUT2D eigenvalue weighted by Crippen LogP contribution is -2.46. The number of likely N-dealkylation sites (tertiary alicyclic amines) is 1. The second kappa shape index (κ2) is 11.0. The molecule has 0 aliphatic carbocycles. The molecule has 1 heterocycles. The number of aryl methyl sites for hydroxylation is 1. The molecule has 35 heavy (non-hydrogen) atoms. The highest BCUT2D eigenvalue weighted by Gasteiger charge is 2.38. The summed E-state index contributed by atoms with van der Waals surface area (Å²) in [6.07, 6.45) is -0.569. The SMILES string of the molecule is CON=C1C[C@@H](C(=O)NCC(O)c2ccccc2)N(C(=O)c2ccc(-c3ccccc3C)cc2)C1. The predicted octanol–water partition coefficient (Wildman–Crippen LogP) is 3.73. The van der Waals surface area contributed by atoms with E-state index in [2.05, 4.69) is 10.5 Å². The Labute approximate surface area is 205 Å². The van der Waals surface area contributed by atoms with E-state index >= 15 is 0 Å². The molecule has 7 nitrogen and oxygen atoms in total. The standard InChI is InChI=1S/C28H29N3O4/c1-19-8-6-7-11-24(19)20-12-14-22(15-13-20)28(34)31-18-23(30-35-2)16-25(31)27(33)29-17-26(32)21-9-4-3-5-10-21/h3-15,25-26,32H,16-18H2,1-2H3,(H,29,33)/t25-,26?/m0/s1. The third kappa shape index (κ3) is 5.58. The summed E-state index contributed by atoms with van der Waals surface area (Å²) in [4.78, 5) is 32.8. The van der Waals surface area contributed by atoms with Gasteiger partial charge in [-0.1, -0.05) is 71.9 Å². The van der Waals surface area contributed by atoms with Crippen LogP contribution < -0.4 is 5.32 Å². The molecular formula is C28H29N3O4. The number of carbonyl (C=O) groups is 2. The van der Waals surface area contributed by atoms with Crippen LogP contribution in [0.3, 0.4) is 0 Å². The van der Waals surface area contributed by atoms with Crippen molar-refractivity contribution in [1.82, 2.24) is 10.2 Å². The number of rotatable bonds is 7. The Balaban J connectivity index is 1.49. The number of aliphatic hydroxyl groups is 1. The topological polar surface area (TPSA) is 91.2 Å². The molecule has 7 heteroatoms. The van der Waals surface area contributed by atoms with Crippen LogP contribution in [-0.4, -0.2) is 53.8 Å². The molecule has 0 spiro atoms. The van der Waals surface area contributed by atoms with Crippen LogP contribution in [0.15, 0.2) is 84.0 Å². The van der Waals surface area contributed by atoms with Gasteiger partial charge in [-0.25, -0.2) is 0 Å². The normalized spacial score (nSPS) is 17.3. The Bertz CT molecular complexity index is 1210. The smallest absolute Gasteiger partial charge is 0.254 e. The number of hydrogen-bond acceptors (Lipinski definition) is 5. The fraction of sp³-hybridized carbons (Fsp3) is 0.250. The molecule has 0 radical (unpaired) electrons. The Hall–Kier alpha value is -3.97. The van der Waals surface area contributed by atoms with Gasteiger partial charge in [0.1, 0.15) is 13.2 Å². The van der Waals surface area contributed by atoms with Gasteiger partial charge >= 0.3 is 0 Å². The van der Waals surface area contributed by atoms with Crippen molar-refractivity contribution < 1.29 is 19.5 Å². The average molecular weight is 472 g/mol. The van der Waals surface area contributed by atoms with Gasteiger partial charge in [-0.2, -0.15) is 0 Å². The van der Waals surface area contributed by atoms with E-state index in [0.29, 0.717) is 16.8 Å². The van der Waals surface area contributed by atoms with Gasteiger partial charge in [0.25, 0.3) is 5.91 Å². The second-order valence-corrected chi connectivity index (χ2v) is 8.56. The molecule has 2 N–H and O–H groups in total. The summed E-state index contributed by atoms with van der Waals surface area (Å²) >= 11 is 0. The molecule has 0 saturated carbocycles. The van der Waals surface area contributed by atoms with Crippen molar-refractivity contribution >= 4 is 17.5 Å². The van der Waals surface area contributed by atoms with Gasteiger partial charge < -0.3 is 20.2 Å². The minimum atomic E-state index is -0.841. The Morgan fingerprint density at radius 3 is 2.43 bits per heavy atom. The van der Waals surface area contributed by atoms with E-state index < -0.39 is 12.1 Å². The first-order valence-electron chi connectivity index (χ1n) is 11.5. The van der Waals surface area contributed by atoms with Crippen molar-refractivity contribution in [1.29, 1.82) is 0 Å². The minimum absolute atomic E-state index is 0.0449. The summed E-state index contributed by atoms with van der Waals surface area (Å²) < 4.78 is 0. The van der Waals surface area contributed by atoms with Crippen LogP contribution in [0.25, 0.3) is 11.1 Å². The largest absolute Gasteiger partial charge is 0.399 e. The first kappa shape index (κ1) is 24.2. The van der Waals surface area contributed by atoms with Crippen LogP contribution in [0.1, 0.15) is 34.0 Å². The fourth-order valence-electron chi connectivity index (χ4n) is 4.31. The van der Waals surface area contributed by atoms with Crippen LogP contribution >= 0.6 is 0 Å². The zero-order valence-electron chi connectivity index (χ0n) is 19.8. The molecule has 0 aromatic heterocycles. The number of oxime groups is 1. The monoisotopic (exact) mass is 471 g/mol. The predicted molar refractivity (Wildman–Crippen MR) is 135 cm³/mol. The molecule has 2 amide bonds. The Morgan fingerprint density at radius 1 is 1.06 bits per heavy atom. The van der Waals surface area contributed by atoms with Crippen LogP contribution in [0.2, 0.25) is 0 Å². The number of carbonyl (C=O) groups excluding carboxylic acids is 2. The maximum atomic E-state index is 13.4. The highest BCUT2D eigenvalue weighted by atomic mass is 16.6. The summed E-state index contributed by atoms with van der Waals surface area (Å²) in [5.74, 6) is -0.599. The molecule has 1 saturated heterocycles. The van der Waals surface area contributed by atoms with Crippen LogP contribution in [0, 0.1) is 6.92 Å². The fourth-order valence-corrected chi connectivity index (χ4v) is 4.31. The quantitative estimate of drug-likeness (QED) is 0.514. The van der Waals surface area contributed by atoms with Crippen LogP contribution in [-0.2, 0) is 9.63 Å². The molecule has 1 fully saturated rings. The maximum absolute atomic E-state index is 13.4. The molecule has 2 atom stereocenters. The summed E-state index contributed by atoms with van der Waals surface area (Å²) in [6.45, 7) is 2.29. The molecule has 4 rings (SSSR count). The third-order valence-electron chi connectivity index (χ3n) is 6.18. The highest BCUT2D eigenvalue weighted by Crippen LogP contribution is 2.25. The Kier molecular flexibility index (Phi) is 7.57. The van der Waals surface area contributed by atoms with Gasteiger partial charge in [0, 0.05) is 18.5 Å². The molecule has 1 unspecified atom stereocenters. The molecule has 1 aliphatic heterocycles. The van der Waals surface area contributed by atoms with E-state index in [1.165, 1.54) is 12.0 Å². The maximum Gasteiger partial charge on any atom is 0.254 e. The lowest BCUT2D eigenvalue weighted by atomic mass is 9.99. The molecule has 1 aliphatic rings. The zero-order valence-corrected chi connectivity index (χ0v) is 19.8. The van der Waals surface area contributed by atoms with E-state index in [4.69, 9.17) is 4.84 Å². The van der Waals surface area contributed by atoms with Gasteiger partial charge in [0.2, 0.25) is 5.91 Å². The Morgan fingerprint density at radius 2 is 1.74 bits per heavy atom. The number of nitrogens with one attached hydrogen (secondary N) is 1. The molecule has 3 aromatic rings. The first-order valence-corrected chi connectivity index (χ1v) is 11.5. The lowest BCUT2D eigenvalue weighted by Gasteiger charge is -2.24. The van der Waals surface area contributed by atoms with Gasteiger partial charge in [-0.05, 0) is 41.3 Å². The van der Waals surface area contributed by atoms with Crippen LogP contribution in [0.4, 0.5) is 0 Å². The molecule has 180 valence electrons. The van der Waals surface area contributed by atoms with Gasteiger partial charge in [0.05, 0.1) is 18.4 Å². The number of hydrogen-bond donors (Lipinski definition) is 2. The van der Waals surface area contributed by atoms with Crippen LogP contribution in [0.5, 0.6) is 0 Å². The van der Waals surface area contributed by atoms with Gasteiger partial charge in [-0.15, -0.1) is 0 Å². The molecular weight excluding hydrogens is 442 g/mol. The molecule has 3 aromatic carbocycles. The zero-order chi connectivity index (χ0) is 24.8. The summed E-state index contributed by atoms with van der Waals surface area (Å²) in [5, 5.41) is 17.2. The van der Waals surface area contributed by atoms with Crippen molar-refractivity contribution in [2.45, 2.75) is 25.5 Å². The molecule has 0 bridgehead atoms. The van der Waals surface area contributed by atoms with E-state index in [0.717, 1.165) is 16.7 Å². The van der Waals surface area contributed by atoms with Crippen molar-refractivity contribution in [2.24, 2.45) is 5.16 Å². The van der Waals surface area contributed by atoms with Crippen molar-refractivity contribution in [3.05, 3.63) is 95.6 Å². The number of benzene rings is 3. The number of amides is 2. The van der Waals surface area contributed by atoms with E-state index in [1.807, 2.05) is 61.5 Å². The summed E-state index contributed by atoms with van der Waals surface area (Å²) in [6, 6.07) is 23.8. The second-order valence-electron chi connectivity index (χ2n) is 8.56. The average Bonchev–Trinajstić information content (AvgIpc) is 3.32. The number of aliphatic hydroxyl groups excluding tert-OH is 1. The van der Waals surface area contributed by atoms with E-state index in [-0.39, 0.29) is 31.3 Å². The summed E-state index contributed by atoms with van der Waals surface area (Å²) in [5.41, 5.74) is 5.09. The van der Waals surface area contributed by atoms with Crippen molar-refractivity contribution in [3.63, 3.8) is 0 Å².